The zero-order valence-corrected chi connectivity index (χ0v) is 13.9. The predicted molar refractivity (Wildman–Crippen MR) is 93.6 cm³/mol. The minimum Gasteiger partial charge on any atom is -0.377 e. The summed E-state index contributed by atoms with van der Waals surface area (Å²) < 4.78 is 0.751. The second-order valence-corrected chi connectivity index (χ2v) is 6.89. The van der Waals surface area contributed by atoms with Gasteiger partial charge in [0, 0.05) is 22.5 Å². The first-order valence-corrected chi connectivity index (χ1v) is 8.40. The van der Waals surface area contributed by atoms with Gasteiger partial charge in [-0.05, 0) is 39.4 Å². The van der Waals surface area contributed by atoms with Crippen molar-refractivity contribution < 1.29 is 4.92 Å². The van der Waals surface area contributed by atoms with Crippen LogP contribution >= 0.6 is 15.9 Å². The fraction of sp³-hybridized carbons (Fsp3) is 0.222. The van der Waals surface area contributed by atoms with Crippen LogP contribution < -0.4 is 5.32 Å². The van der Waals surface area contributed by atoms with Gasteiger partial charge in [0.25, 0.3) is 5.69 Å². The zero-order chi connectivity index (χ0) is 16.0. The maximum Gasteiger partial charge on any atom is 0.271 e. The molecule has 0 saturated carbocycles. The van der Waals surface area contributed by atoms with Crippen molar-refractivity contribution in [3.63, 3.8) is 0 Å². The summed E-state index contributed by atoms with van der Waals surface area (Å²) in [7, 11) is 0. The van der Waals surface area contributed by atoms with E-state index in [1.54, 1.807) is 12.1 Å². The molecule has 0 saturated heterocycles. The average molecular weight is 371 g/mol. The van der Waals surface area contributed by atoms with Crippen molar-refractivity contribution in [3.05, 3.63) is 80.3 Å². The van der Waals surface area contributed by atoms with Crippen LogP contribution in [0.2, 0.25) is 0 Å². The van der Waals surface area contributed by atoms with Crippen molar-refractivity contribution >= 4 is 27.3 Å². The van der Waals surface area contributed by atoms with Crippen molar-refractivity contribution in [2.24, 2.45) is 5.92 Å². The topological polar surface area (TPSA) is 55.2 Å². The molecule has 0 spiro atoms. The second-order valence-electron chi connectivity index (χ2n) is 6.04. The Hall–Kier alpha value is -2.14. The standard InChI is InChI=1S/C18H15BrN2O2/c19-16-10-12(21(22)23)9-15-13-7-4-8-14(13)17(20-18(15)16)11-5-2-1-3-6-11/h1-7,9-10,13-14,17,20H,8H2/t13-,14+,17+/m1/s1. The van der Waals surface area contributed by atoms with Gasteiger partial charge in [-0.3, -0.25) is 10.1 Å². The lowest BCUT2D eigenvalue weighted by Crippen LogP contribution is -2.29. The molecule has 0 fully saturated rings. The van der Waals surface area contributed by atoms with Crippen LogP contribution in [0.4, 0.5) is 11.4 Å². The molecule has 2 aliphatic rings. The number of nitrogens with one attached hydrogen (secondary N) is 1. The molecule has 1 aliphatic carbocycles. The van der Waals surface area contributed by atoms with Crippen molar-refractivity contribution in [3.8, 4) is 0 Å². The maximum absolute atomic E-state index is 11.2. The number of nitrogens with zero attached hydrogens (tertiary/aromatic N) is 1. The number of rotatable bonds is 2. The molecule has 2 aromatic rings. The Bertz CT molecular complexity index is 804. The second kappa shape index (κ2) is 5.49. The number of benzene rings is 2. The van der Waals surface area contributed by atoms with E-state index < -0.39 is 0 Å². The number of nitro benzene ring substituents is 1. The number of hydrogen-bond donors (Lipinski definition) is 1. The lowest BCUT2D eigenvalue weighted by atomic mass is 9.77. The molecule has 116 valence electrons. The number of nitro groups is 1. The summed E-state index contributed by atoms with van der Waals surface area (Å²) in [6, 6.07) is 13.9. The van der Waals surface area contributed by atoms with E-state index in [4.69, 9.17) is 0 Å². The largest absolute Gasteiger partial charge is 0.377 e. The molecular formula is C18H15BrN2O2. The highest BCUT2D eigenvalue weighted by Gasteiger charge is 2.39. The summed E-state index contributed by atoms with van der Waals surface area (Å²) in [5.41, 5.74) is 3.37. The molecule has 0 radical (unpaired) electrons. The maximum atomic E-state index is 11.2. The Morgan fingerprint density at radius 2 is 2.00 bits per heavy atom. The number of halogens is 1. The molecule has 3 atom stereocenters. The lowest BCUT2D eigenvalue weighted by Gasteiger charge is -2.37. The van der Waals surface area contributed by atoms with Crippen molar-refractivity contribution in [1.29, 1.82) is 0 Å². The molecule has 0 bridgehead atoms. The van der Waals surface area contributed by atoms with Gasteiger partial charge in [0.15, 0.2) is 0 Å². The lowest BCUT2D eigenvalue weighted by molar-refractivity contribution is -0.385. The Morgan fingerprint density at radius 3 is 2.74 bits per heavy atom. The van der Waals surface area contributed by atoms with Crippen molar-refractivity contribution in [1.82, 2.24) is 0 Å². The fourth-order valence-corrected chi connectivity index (χ4v) is 4.31. The van der Waals surface area contributed by atoms with E-state index in [0.29, 0.717) is 5.92 Å². The summed E-state index contributed by atoms with van der Waals surface area (Å²) in [5, 5.41) is 14.8. The van der Waals surface area contributed by atoms with E-state index in [0.717, 1.165) is 22.1 Å². The van der Waals surface area contributed by atoms with Crippen LogP contribution in [0.25, 0.3) is 0 Å². The number of fused-ring (bicyclic) bond motifs is 3. The minimum absolute atomic E-state index is 0.134. The van der Waals surface area contributed by atoms with Crippen LogP contribution in [0.5, 0.6) is 0 Å². The normalized spacial score (nSPS) is 24.7. The Kier molecular flexibility index (Phi) is 3.45. The van der Waals surface area contributed by atoms with E-state index in [2.05, 4.69) is 57.7 Å². The van der Waals surface area contributed by atoms with Gasteiger partial charge in [0.1, 0.15) is 0 Å². The van der Waals surface area contributed by atoms with Gasteiger partial charge in [0.05, 0.1) is 16.7 Å². The predicted octanol–water partition coefficient (Wildman–Crippen LogP) is 5.18. The van der Waals surface area contributed by atoms with Gasteiger partial charge < -0.3 is 5.32 Å². The monoisotopic (exact) mass is 370 g/mol. The first-order chi connectivity index (χ1) is 11.1. The smallest absolute Gasteiger partial charge is 0.271 e. The Balaban J connectivity index is 1.84. The molecule has 1 aliphatic heterocycles. The van der Waals surface area contributed by atoms with Gasteiger partial charge in [-0.25, -0.2) is 0 Å². The molecule has 1 N–H and O–H groups in total. The van der Waals surface area contributed by atoms with Gasteiger partial charge in [-0.15, -0.1) is 0 Å². The average Bonchev–Trinajstić information content (AvgIpc) is 3.04. The van der Waals surface area contributed by atoms with Gasteiger partial charge in [0.2, 0.25) is 0 Å². The molecule has 0 unspecified atom stereocenters. The summed E-state index contributed by atoms with van der Waals surface area (Å²) in [4.78, 5) is 10.8. The van der Waals surface area contributed by atoms with Crippen LogP contribution in [0.1, 0.15) is 29.5 Å². The molecule has 0 amide bonds. The van der Waals surface area contributed by atoms with Crippen LogP contribution in [0, 0.1) is 16.0 Å². The first-order valence-electron chi connectivity index (χ1n) is 7.61. The van der Waals surface area contributed by atoms with Crippen LogP contribution in [0.15, 0.2) is 59.1 Å². The van der Waals surface area contributed by atoms with E-state index in [-0.39, 0.29) is 22.6 Å². The molecule has 4 rings (SSSR count). The highest BCUT2D eigenvalue weighted by Crippen LogP contribution is 2.52. The van der Waals surface area contributed by atoms with E-state index in [9.17, 15) is 10.1 Å². The van der Waals surface area contributed by atoms with Crippen LogP contribution in [0.3, 0.4) is 0 Å². The van der Waals surface area contributed by atoms with Gasteiger partial charge in [-0.2, -0.15) is 0 Å². The van der Waals surface area contributed by atoms with E-state index >= 15 is 0 Å². The van der Waals surface area contributed by atoms with Crippen LogP contribution in [-0.2, 0) is 0 Å². The minimum atomic E-state index is -0.331. The summed E-state index contributed by atoms with van der Waals surface area (Å²) in [6.07, 6.45) is 5.36. The van der Waals surface area contributed by atoms with Crippen LogP contribution in [-0.4, -0.2) is 4.92 Å². The molecule has 23 heavy (non-hydrogen) atoms. The number of hydrogen-bond acceptors (Lipinski definition) is 3. The third-order valence-electron chi connectivity index (χ3n) is 4.78. The summed E-state index contributed by atoms with van der Waals surface area (Å²) >= 11 is 3.51. The fourth-order valence-electron chi connectivity index (χ4n) is 3.74. The third-order valence-corrected chi connectivity index (χ3v) is 5.40. The number of allylic oxidation sites excluding steroid dienone is 2. The van der Waals surface area contributed by atoms with Crippen molar-refractivity contribution in [2.45, 2.75) is 18.4 Å². The molecule has 5 heteroatoms. The molecule has 1 heterocycles. The Morgan fingerprint density at radius 1 is 1.22 bits per heavy atom. The Labute approximate surface area is 142 Å². The highest BCUT2D eigenvalue weighted by molar-refractivity contribution is 9.10. The third kappa shape index (κ3) is 2.36. The highest BCUT2D eigenvalue weighted by atomic mass is 79.9. The van der Waals surface area contributed by atoms with Gasteiger partial charge in [-0.1, -0.05) is 42.5 Å². The molecular weight excluding hydrogens is 356 g/mol. The van der Waals surface area contributed by atoms with Gasteiger partial charge >= 0.3 is 0 Å². The summed E-state index contributed by atoms with van der Waals surface area (Å²) in [6.45, 7) is 0. The number of anilines is 1. The molecule has 4 nitrogen and oxygen atoms in total. The summed E-state index contributed by atoms with van der Waals surface area (Å²) in [5.74, 6) is 0.603. The SMILES string of the molecule is O=[N+]([O-])c1cc(Br)c2c(c1)[C@@H]1C=CC[C@@H]1[C@H](c1ccccc1)N2. The van der Waals surface area contributed by atoms with Crippen molar-refractivity contribution in [2.75, 3.05) is 5.32 Å². The quantitative estimate of drug-likeness (QED) is 0.449. The molecule has 0 aromatic heterocycles. The van der Waals surface area contributed by atoms with E-state index in [1.165, 1.54) is 5.56 Å². The first kappa shape index (κ1) is 14.5. The number of non-ortho nitro benzene ring substituents is 1. The zero-order valence-electron chi connectivity index (χ0n) is 12.3. The molecule has 2 aromatic carbocycles. The van der Waals surface area contributed by atoms with E-state index in [1.807, 2.05) is 6.07 Å².